The van der Waals surface area contributed by atoms with Crippen LogP contribution in [0.25, 0.3) is 11.1 Å². The third kappa shape index (κ3) is 2.59. The molecule has 0 radical (unpaired) electrons. The third-order valence-corrected chi connectivity index (χ3v) is 2.72. The molecule has 0 aliphatic rings. The number of alkyl halides is 3. The van der Waals surface area contributed by atoms with Crippen molar-refractivity contribution in [2.24, 2.45) is 0 Å². The van der Waals surface area contributed by atoms with E-state index >= 15 is 0 Å². The maximum Gasteiger partial charge on any atom is 0.416 e. The number of phenols is 1. The fourth-order valence-electron chi connectivity index (χ4n) is 1.73. The monoisotopic (exact) mass is 266 g/mol. The van der Waals surface area contributed by atoms with Crippen molar-refractivity contribution in [3.63, 3.8) is 0 Å². The first-order valence-electron chi connectivity index (χ1n) is 5.38. The molecule has 0 aliphatic carbocycles. The smallest absolute Gasteiger partial charge is 0.416 e. The van der Waals surface area contributed by atoms with Gasteiger partial charge in [0.2, 0.25) is 0 Å². The Bertz CT molecular complexity index is 601. The number of carbonyl (C=O) groups excluding carboxylic acids is 1. The van der Waals surface area contributed by atoms with Crippen LogP contribution in [0.3, 0.4) is 0 Å². The lowest BCUT2D eigenvalue weighted by Crippen LogP contribution is -2.04. The molecule has 0 heterocycles. The van der Waals surface area contributed by atoms with Gasteiger partial charge in [-0.2, -0.15) is 13.2 Å². The van der Waals surface area contributed by atoms with E-state index < -0.39 is 11.7 Å². The molecule has 0 saturated carbocycles. The molecule has 0 spiro atoms. The number of para-hydroxylation sites is 1. The predicted octanol–water partition coefficient (Wildman–Crippen LogP) is 3.89. The van der Waals surface area contributed by atoms with E-state index in [1.807, 2.05) is 0 Å². The number of phenolic OH excluding ortho intramolecular Hbond substituents is 1. The van der Waals surface area contributed by atoms with Gasteiger partial charge in [0.05, 0.1) is 11.1 Å². The Labute approximate surface area is 107 Å². The second-order valence-corrected chi connectivity index (χ2v) is 3.94. The molecular formula is C14H9F3O2. The molecule has 98 valence electrons. The molecule has 2 nitrogen and oxygen atoms in total. The minimum Gasteiger partial charge on any atom is -0.507 e. The predicted molar refractivity (Wildman–Crippen MR) is 63.9 cm³/mol. The molecule has 0 saturated heterocycles. The summed E-state index contributed by atoms with van der Waals surface area (Å²) >= 11 is 0. The number of benzene rings is 2. The Morgan fingerprint density at radius 3 is 2.16 bits per heavy atom. The summed E-state index contributed by atoms with van der Waals surface area (Å²) in [5, 5.41) is 9.82. The van der Waals surface area contributed by atoms with Crippen molar-refractivity contribution in [3.05, 3.63) is 53.6 Å². The molecule has 2 rings (SSSR count). The number of aromatic hydroxyl groups is 1. The number of hydrogen-bond acceptors (Lipinski definition) is 2. The van der Waals surface area contributed by atoms with Crippen molar-refractivity contribution < 1.29 is 23.1 Å². The van der Waals surface area contributed by atoms with E-state index in [1.54, 1.807) is 6.07 Å². The van der Waals surface area contributed by atoms with E-state index in [0.717, 1.165) is 12.1 Å². The summed E-state index contributed by atoms with van der Waals surface area (Å²) in [4.78, 5) is 10.7. The van der Waals surface area contributed by atoms with E-state index in [-0.39, 0.29) is 11.3 Å². The van der Waals surface area contributed by atoms with Crippen molar-refractivity contribution in [3.8, 4) is 16.9 Å². The molecule has 0 fully saturated rings. The molecular weight excluding hydrogens is 257 g/mol. The zero-order chi connectivity index (χ0) is 14.0. The minimum atomic E-state index is -4.40. The molecule has 1 N–H and O–H groups in total. The summed E-state index contributed by atoms with van der Waals surface area (Å²) < 4.78 is 37.3. The van der Waals surface area contributed by atoms with Crippen molar-refractivity contribution in [2.45, 2.75) is 6.18 Å². The van der Waals surface area contributed by atoms with Crippen LogP contribution in [-0.2, 0) is 6.18 Å². The van der Waals surface area contributed by atoms with Crippen LogP contribution in [0.15, 0.2) is 42.5 Å². The highest BCUT2D eigenvalue weighted by Crippen LogP contribution is 2.34. The zero-order valence-corrected chi connectivity index (χ0v) is 9.61. The van der Waals surface area contributed by atoms with Gasteiger partial charge in [-0.05, 0) is 23.8 Å². The average Bonchev–Trinajstić information content (AvgIpc) is 2.38. The summed E-state index contributed by atoms with van der Waals surface area (Å²) in [5.41, 5.74) is 0.0622. The highest BCUT2D eigenvalue weighted by Gasteiger charge is 2.30. The fourth-order valence-corrected chi connectivity index (χ4v) is 1.73. The lowest BCUT2D eigenvalue weighted by Gasteiger charge is -2.09. The maximum atomic E-state index is 12.4. The summed E-state index contributed by atoms with van der Waals surface area (Å²) in [6.07, 6.45) is -3.91. The van der Waals surface area contributed by atoms with Crippen molar-refractivity contribution in [1.82, 2.24) is 0 Å². The number of hydrogen-bond donors (Lipinski definition) is 1. The number of aldehydes is 1. The molecule has 0 bridgehead atoms. The molecule has 0 atom stereocenters. The molecule has 19 heavy (non-hydrogen) atoms. The summed E-state index contributed by atoms with van der Waals surface area (Å²) in [7, 11) is 0. The van der Waals surface area contributed by atoms with Gasteiger partial charge in [0.25, 0.3) is 0 Å². The highest BCUT2D eigenvalue weighted by molar-refractivity contribution is 5.85. The topological polar surface area (TPSA) is 37.3 Å². The minimum absolute atomic E-state index is 0.0948. The van der Waals surface area contributed by atoms with Crippen LogP contribution in [0.4, 0.5) is 13.2 Å². The maximum absolute atomic E-state index is 12.4. The Morgan fingerprint density at radius 2 is 1.63 bits per heavy atom. The second kappa shape index (κ2) is 4.76. The van der Waals surface area contributed by atoms with E-state index in [2.05, 4.69) is 0 Å². The Hall–Kier alpha value is -2.30. The summed E-state index contributed by atoms with van der Waals surface area (Å²) in [6.45, 7) is 0. The number of rotatable bonds is 2. The van der Waals surface area contributed by atoms with Gasteiger partial charge in [-0.3, -0.25) is 4.79 Å². The quantitative estimate of drug-likeness (QED) is 0.837. The SMILES string of the molecule is O=Cc1cccc(-c2ccc(C(F)(F)F)cc2)c1O. The van der Waals surface area contributed by atoms with Crippen LogP contribution in [0, 0.1) is 0 Å². The van der Waals surface area contributed by atoms with Gasteiger partial charge < -0.3 is 5.11 Å². The summed E-state index contributed by atoms with van der Waals surface area (Å²) in [5.74, 6) is -0.239. The van der Waals surface area contributed by atoms with Gasteiger partial charge in [-0.25, -0.2) is 0 Å². The molecule has 0 aliphatic heterocycles. The standard InChI is InChI=1S/C14H9F3O2/c15-14(16,17)11-6-4-9(5-7-11)12-3-1-2-10(8-18)13(12)19/h1-8,19H. The molecule has 5 heteroatoms. The molecule has 0 aromatic heterocycles. The van der Waals surface area contributed by atoms with E-state index in [1.165, 1.54) is 24.3 Å². The first-order chi connectivity index (χ1) is 8.93. The normalized spacial score (nSPS) is 11.3. The Kier molecular flexibility index (Phi) is 3.29. The lowest BCUT2D eigenvalue weighted by molar-refractivity contribution is -0.137. The van der Waals surface area contributed by atoms with E-state index in [9.17, 15) is 23.1 Å². The van der Waals surface area contributed by atoms with Crippen LogP contribution in [0.1, 0.15) is 15.9 Å². The molecule has 2 aromatic carbocycles. The first-order valence-corrected chi connectivity index (χ1v) is 5.38. The van der Waals surface area contributed by atoms with Crippen LogP contribution in [-0.4, -0.2) is 11.4 Å². The lowest BCUT2D eigenvalue weighted by atomic mass is 10.0. The molecule has 0 amide bonds. The van der Waals surface area contributed by atoms with Gasteiger partial charge in [-0.15, -0.1) is 0 Å². The number of halogens is 3. The number of carbonyl (C=O) groups is 1. The molecule has 2 aromatic rings. The van der Waals surface area contributed by atoms with E-state index in [0.29, 0.717) is 17.4 Å². The van der Waals surface area contributed by atoms with E-state index in [4.69, 9.17) is 0 Å². The largest absolute Gasteiger partial charge is 0.507 e. The molecule has 0 unspecified atom stereocenters. The van der Waals surface area contributed by atoms with Gasteiger partial charge in [0.15, 0.2) is 6.29 Å². The fraction of sp³-hybridized carbons (Fsp3) is 0.0714. The zero-order valence-electron chi connectivity index (χ0n) is 9.61. The summed E-state index contributed by atoms with van der Waals surface area (Å²) in [6, 6.07) is 8.89. The van der Waals surface area contributed by atoms with Crippen molar-refractivity contribution in [2.75, 3.05) is 0 Å². The van der Waals surface area contributed by atoms with Crippen LogP contribution in [0.5, 0.6) is 5.75 Å². The van der Waals surface area contributed by atoms with Crippen molar-refractivity contribution in [1.29, 1.82) is 0 Å². The first kappa shape index (κ1) is 13.1. The van der Waals surface area contributed by atoms with Crippen LogP contribution < -0.4 is 0 Å². The van der Waals surface area contributed by atoms with Crippen LogP contribution in [0.2, 0.25) is 0 Å². The van der Waals surface area contributed by atoms with Gasteiger partial charge in [0.1, 0.15) is 5.75 Å². The average molecular weight is 266 g/mol. The van der Waals surface area contributed by atoms with Gasteiger partial charge in [0, 0.05) is 5.56 Å². The Balaban J connectivity index is 2.46. The Morgan fingerprint density at radius 1 is 1.00 bits per heavy atom. The highest BCUT2D eigenvalue weighted by atomic mass is 19.4. The second-order valence-electron chi connectivity index (χ2n) is 3.94. The van der Waals surface area contributed by atoms with Gasteiger partial charge in [-0.1, -0.05) is 24.3 Å². The van der Waals surface area contributed by atoms with Crippen LogP contribution >= 0.6 is 0 Å². The van der Waals surface area contributed by atoms with Gasteiger partial charge >= 0.3 is 6.18 Å². The third-order valence-electron chi connectivity index (χ3n) is 2.72. The van der Waals surface area contributed by atoms with Crippen molar-refractivity contribution >= 4 is 6.29 Å².